The highest BCUT2D eigenvalue weighted by molar-refractivity contribution is 6.02. The summed E-state index contributed by atoms with van der Waals surface area (Å²) in [6.07, 6.45) is 5.73. The van der Waals surface area contributed by atoms with Crippen LogP contribution in [-0.4, -0.2) is 32.1 Å². The Labute approximate surface area is 174 Å². The van der Waals surface area contributed by atoms with Gasteiger partial charge in [0.05, 0.1) is 12.8 Å². The van der Waals surface area contributed by atoms with Crippen LogP contribution < -0.4 is 19.7 Å². The van der Waals surface area contributed by atoms with Gasteiger partial charge >= 0.3 is 0 Å². The minimum absolute atomic E-state index is 0.0926. The number of nitrogens with one attached hydrogen (secondary N) is 1. The predicted octanol–water partition coefficient (Wildman–Crippen LogP) is 4.18. The van der Waals surface area contributed by atoms with Crippen molar-refractivity contribution in [3.05, 3.63) is 66.5 Å². The molecule has 0 aliphatic carbocycles. The lowest BCUT2D eigenvalue weighted by atomic mass is 10.2. The van der Waals surface area contributed by atoms with Gasteiger partial charge in [-0.1, -0.05) is 18.7 Å². The molecule has 0 unspecified atom stereocenters. The van der Waals surface area contributed by atoms with Crippen molar-refractivity contribution in [2.45, 2.75) is 12.8 Å². The van der Waals surface area contributed by atoms with Crippen LogP contribution in [0.4, 0.5) is 15.8 Å². The SMILES string of the molecule is C=CCOc1ccc(/C=C/C(=O)Nc2ccc(N3CCCC3=O)c(F)c2)cc1OC. The Bertz CT molecular complexity index is 987. The van der Waals surface area contributed by atoms with Crippen LogP contribution in [0.25, 0.3) is 6.08 Å². The molecule has 6 nitrogen and oxygen atoms in total. The van der Waals surface area contributed by atoms with E-state index in [-0.39, 0.29) is 11.6 Å². The van der Waals surface area contributed by atoms with Crippen LogP contribution in [-0.2, 0) is 9.59 Å². The Morgan fingerprint density at radius 2 is 2.10 bits per heavy atom. The summed E-state index contributed by atoms with van der Waals surface area (Å²) < 4.78 is 25.2. The summed E-state index contributed by atoms with van der Waals surface area (Å²) in [4.78, 5) is 25.4. The summed E-state index contributed by atoms with van der Waals surface area (Å²) in [6.45, 7) is 4.46. The lowest BCUT2D eigenvalue weighted by Crippen LogP contribution is -2.24. The molecule has 2 aromatic rings. The fraction of sp³-hybridized carbons (Fsp3) is 0.217. The molecular weight excluding hydrogens is 387 g/mol. The molecule has 1 aliphatic heterocycles. The fourth-order valence-electron chi connectivity index (χ4n) is 3.12. The van der Waals surface area contributed by atoms with E-state index in [0.717, 1.165) is 5.56 Å². The molecule has 1 heterocycles. The molecule has 7 heteroatoms. The van der Waals surface area contributed by atoms with Crippen LogP contribution >= 0.6 is 0 Å². The maximum absolute atomic E-state index is 14.4. The van der Waals surface area contributed by atoms with Crippen LogP contribution in [0.3, 0.4) is 0 Å². The first-order valence-corrected chi connectivity index (χ1v) is 9.52. The zero-order valence-corrected chi connectivity index (χ0v) is 16.7. The Morgan fingerprint density at radius 3 is 2.77 bits per heavy atom. The monoisotopic (exact) mass is 410 g/mol. The molecule has 156 valence electrons. The van der Waals surface area contributed by atoms with Gasteiger partial charge in [-0.3, -0.25) is 9.59 Å². The van der Waals surface area contributed by atoms with E-state index in [0.29, 0.717) is 43.2 Å². The lowest BCUT2D eigenvalue weighted by molar-refractivity contribution is -0.117. The second-order valence-corrected chi connectivity index (χ2v) is 6.65. The molecule has 0 aromatic heterocycles. The molecule has 2 aromatic carbocycles. The lowest BCUT2D eigenvalue weighted by Gasteiger charge is -2.17. The van der Waals surface area contributed by atoms with E-state index in [4.69, 9.17) is 9.47 Å². The van der Waals surface area contributed by atoms with Crippen molar-refractivity contribution in [1.29, 1.82) is 0 Å². The van der Waals surface area contributed by atoms with Gasteiger partial charge < -0.3 is 19.7 Å². The van der Waals surface area contributed by atoms with Crippen LogP contribution in [0.15, 0.2) is 55.1 Å². The topological polar surface area (TPSA) is 67.9 Å². The van der Waals surface area contributed by atoms with E-state index in [2.05, 4.69) is 11.9 Å². The third kappa shape index (κ3) is 5.05. The Balaban J connectivity index is 1.65. The normalized spacial score (nSPS) is 13.5. The number of benzene rings is 2. The van der Waals surface area contributed by atoms with Gasteiger partial charge in [0.15, 0.2) is 11.5 Å². The van der Waals surface area contributed by atoms with Gasteiger partial charge in [-0.2, -0.15) is 0 Å². The van der Waals surface area contributed by atoms with Gasteiger partial charge in [0.1, 0.15) is 12.4 Å². The van der Waals surface area contributed by atoms with Gasteiger partial charge in [0, 0.05) is 24.7 Å². The fourth-order valence-corrected chi connectivity index (χ4v) is 3.12. The van der Waals surface area contributed by atoms with Gasteiger partial charge in [-0.25, -0.2) is 4.39 Å². The number of hydrogen-bond acceptors (Lipinski definition) is 4. The summed E-state index contributed by atoms with van der Waals surface area (Å²) in [5.41, 5.74) is 1.28. The highest BCUT2D eigenvalue weighted by Gasteiger charge is 2.24. The van der Waals surface area contributed by atoms with Crippen molar-refractivity contribution in [2.75, 3.05) is 30.5 Å². The smallest absolute Gasteiger partial charge is 0.248 e. The van der Waals surface area contributed by atoms with Crippen molar-refractivity contribution in [2.24, 2.45) is 0 Å². The van der Waals surface area contributed by atoms with E-state index >= 15 is 0 Å². The molecule has 0 spiro atoms. The highest BCUT2D eigenvalue weighted by atomic mass is 19.1. The van der Waals surface area contributed by atoms with Gasteiger partial charge in [0.25, 0.3) is 0 Å². The average molecular weight is 410 g/mol. The van der Waals surface area contributed by atoms with Gasteiger partial charge in [-0.05, 0) is 48.4 Å². The number of hydrogen-bond donors (Lipinski definition) is 1. The molecule has 0 atom stereocenters. The maximum Gasteiger partial charge on any atom is 0.248 e. The van der Waals surface area contributed by atoms with E-state index in [9.17, 15) is 14.0 Å². The summed E-state index contributed by atoms with van der Waals surface area (Å²) >= 11 is 0. The minimum atomic E-state index is -0.549. The summed E-state index contributed by atoms with van der Waals surface area (Å²) in [6, 6.07) is 9.56. The summed E-state index contributed by atoms with van der Waals surface area (Å²) in [5.74, 6) is 0.0572. The van der Waals surface area contributed by atoms with E-state index < -0.39 is 11.7 Å². The highest BCUT2D eigenvalue weighted by Crippen LogP contribution is 2.29. The van der Waals surface area contributed by atoms with Crippen LogP contribution in [0, 0.1) is 5.82 Å². The average Bonchev–Trinajstić information content (AvgIpc) is 3.16. The minimum Gasteiger partial charge on any atom is -0.493 e. The number of rotatable bonds is 8. The molecule has 3 rings (SSSR count). The molecule has 0 bridgehead atoms. The van der Waals surface area contributed by atoms with Crippen molar-refractivity contribution in [3.8, 4) is 11.5 Å². The quantitative estimate of drug-likeness (QED) is 0.524. The Kier molecular flexibility index (Phi) is 6.85. The number of amides is 2. The molecule has 1 fully saturated rings. The first-order chi connectivity index (χ1) is 14.5. The maximum atomic E-state index is 14.4. The Morgan fingerprint density at radius 1 is 1.27 bits per heavy atom. The summed E-state index contributed by atoms with van der Waals surface area (Å²) in [5, 5.41) is 2.61. The number of ether oxygens (including phenoxy) is 2. The largest absolute Gasteiger partial charge is 0.493 e. The molecule has 1 aliphatic rings. The summed E-state index contributed by atoms with van der Waals surface area (Å²) in [7, 11) is 1.53. The number of carbonyl (C=O) groups is 2. The number of carbonyl (C=O) groups excluding carboxylic acids is 2. The molecule has 2 amide bonds. The van der Waals surface area contributed by atoms with Crippen molar-refractivity contribution >= 4 is 29.3 Å². The number of methoxy groups -OCH3 is 1. The van der Waals surface area contributed by atoms with Crippen molar-refractivity contribution in [1.82, 2.24) is 0 Å². The van der Waals surface area contributed by atoms with Gasteiger partial charge in [-0.15, -0.1) is 0 Å². The molecule has 0 radical (unpaired) electrons. The molecule has 1 N–H and O–H groups in total. The molecule has 0 saturated carbocycles. The standard InChI is InChI=1S/C23H23FN2O4/c1-3-13-30-20-10-6-16(14-21(20)29-2)7-11-22(27)25-17-8-9-19(18(24)15-17)26-12-4-5-23(26)28/h3,6-11,14-15H,1,4-5,12-13H2,2H3,(H,25,27)/b11-7+. The molecule has 30 heavy (non-hydrogen) atoms. The second-order valence-electron chi connectivity index (χ2n) is 6.65. The van der Waals surface area contributed by atoms with Gasteiger partial charge in [0.2, 0.25) is 11.8 Å². The first kappa shape index (κ1) is 21.1. The second kappa shape index (κ2) is 9.73. The first-order valence-electron chi connectivity index (χ1n) is 9.52. The number of nitrogens with zero attached hydrogens (tertiary/aromatic N) is 1. The van der Waals surface area contributed by atoms with E-state index in [1.54, 1.807) is 36.4 Å². The van der Waals surface area contributed by atoms with Crippen LogP contribution in [0.1, 0.15) is 18.4 Å². The predicted molar refractivity (Wildman–Crippen MR) is 114 cm³/mol. The van der Waals surface area contributed by atoms with Crippen molar-refractivity contribution in [3.63, 3.8) is 0 Å². The molecular formula is C23H23FN2O4. The third-order valence-corrected chi connectivity index (χ3v) is 4.55. The zero-order valence-electron chi connectivity index (χ0n) is 16.7. The van der Waals surface area contributed by atoms with Crippen LogP contribution in [0.2, 0.25) is 0 Å². The van der Waals surface area contributed by atoms with E-state index in [1.807, 2.05) is 0 Å². The van der Waals surface area contributed by atoms with Crippen LogP contribution in [0.5, 0.6) is 11.5 Å². The Hall–Kier alpha value is -3.61. The number of halogens is 1. The van der Waals surface area contributed by atoms with Crippen molar-refractivity contribution < 1.29 is 23.5 Å². The number of anilines is 2. The van der Waals surface area contributed by atoms with E-state index in [1.165, 1.54) is 30.2 Å². The third-order valence-electron chi connectivity index (χ3n) is 4.55. The zero-order chi connectivity index (χ0) is 21.5. The molecule has 1 saturated heterocycles.